The van der Waals surface area contributed by atoms with Gasteiger partial charge in [0.2, 0.25) is 0 Å². The topological polar surface area (TPSA) is 59.7 Å². The number of rotatable bonds is 5. The minimum atomic E-state index is 0.0903. The fourth-order valence-corrected chi connectivity index (χ4v) is 1.21. The van der Waals surface area contributed by atoms with E-state index in [1.54, 1.807) is 11.1 Å². The molecular weight excluding hydrogens is 190 g/mol. The molecule has 0 heterocycles. The molecule has 0 aliphatic heterocycles. The molecule has 4 heteroatoms. The minimum Gasteiger partial charge on any atom is -0.395 e. The second-order valence-electron chi connectivity index (χ2n) is 3.20. The monoisotopic (exact) mass is 205 g/mol. The molecule has 0 atom stereocenters. The summed E-state index contributed by atoms with van der Waals surface area (Å²) in [4.78, 5) is 1.81. The van der Waals surface area contributed by atoms with Crippen LogP contribution in [0.15, 0.2) is 41.6 Å². The molecule has 1 aromatic rings. The third-order valence-corrected chi connectivity index (χ3v) is 1.99. The van der Waals surface area contributed by atoms with Crippen LogP contribution in [0.25, 0.3) is 5.70 Å². The average Bonchev–Trinajstić information content (AvgIpc) is 2.27. The van der Waals surface area contributed by atoms with Crippen molar-refractivity contribution in [1.82, 2.24) is 4.90 Å². The SMILES string of the molecule is CN(/C=C(\N=N)c1ccccc1)CCO. The first kappa shape index (κ1) is 11.4. The Morgan fingerprint density at radius 3 is 2.67 bits per heavy atom. The molecule has 2 N–H and O–H groups in total. The summed E-state index contributed by atoms with van der Waals surface area (Å²) in [5, 5.41) is 12.2. The van der Waals surface area contributed by atoms with Gasteiger partial charge in [-0.1, -0.05) is 30.3 Å². The first-order valence-corrected chi connectivity index (χ1v) is 4.73. The highest BCUT2D eigenvalue weighted by Gasteiger charge is 2.00. The van der Waals surface area contributed by atoms with Gasteiger partial charge >= 0.3 is 0 Å². The number of nitrogens with one attached hydrogen (secondary N) is 1. The van der Waals surface area contributed by atoms with Crippen molar-refractivity contribution < 1.29 is 5.11 Å². The van der Waals surface area contributed by atoms with Crippen LogP contribution in [0.1, 0.15) is 5.56 Å². The highest BCUT2D eigenvalue weighted by Crippen LogP contribution is 2.15. The molecule has 0 saturated heterocycles. The summed E-state index contributed by atoms with van der Waals surface area (Å²) in [6, 6.07) is 9.52. The Morgan fingerprint density at radius 2 is 2.13 bits per heavy atom. The highest BCUT2D eigenvalue weighted by atomic mass is 16.3. The molecule has 1 rings (SSSR count). The van der Waals surface area contributed by atoms with Crippen molar-refractivity contribution >= 4 is 5.70 Å². The van der Waals surface area contributed by atoms with Crippen LogP contribution in [0.5, 0.6) is 0 Å². The van der Waals surface area contributed by atoms with Gasteiger partial charge in [0.05, 0.1) is 6.61 Å². The number of benzene rings is 1. The van der Waals surface area contributed by atoms with Crippen LogP contribution >= 0.6 is 0 Å². The smallest absolute Gasteiger partial charge is 0.108 e. The molecule has 0 spiro atoms. The van der Waals surface area contributed by atoms with Gasteiger partial charge in [0.25, 0.3) is 0 Å². The lowest BCUT2D eigenvalue weighted by atomic mass is 10.2. The number of hydrogen-bond donors (Lipinski definition) is 2. The van der Waals surface area contributed by atoms with Crippen LogP contribution < -0.4 is 0 Å². The van der Waals surface area contributed by atoms with Gasteiger partial charge in [-0.15, -0.1) is 0 Å². The predicted molar refractivity (Wildman–Crippen MR) is 59.3 cm³/mol. The quantitative estimate of drug-likeness (QED) is 0.722. The molecule has 0 aliphatic rings. The van der Waals surface area contributed by atoms with Crippen molar-refractivity contribution in [2.75, 3.05) is 20.2 Å². The van der Waals surface area contributed by atoms with E-state index in [9.17, 15) is 0 Å². The van der Waals surface area contributed by atoms with Crippen molar-refractivity contribution in [3.05, 3.63) is 42.1 Å². The molecule has 1 aromatic carbocycles. The molecule has 0 saturated carbocycles. The van der Waals surface area contributed by atoms with E-state index in [0.717, 1.165) is 5.56 Å². The fourth-order valence-electron chi connectivity index (χ4n) is 1.21. The zero-order valence-corrected chi connectivity index (χ0v) is 8.72. The van der Waals surface area contributed by atoms with E-state index in [1.807, 2.05) is 37.4 Å². The van der Waals surface area contributed by atoms with E-state index >= 15 is 0 Å². The molecule has 0 unspecified atom stereocenters. The predicted octanol–water partition coefficient (Wildman–Crippen LogP) is 1.94. The number of nitrogens with zero attached hydrogens (tertiary/aromatic N) is 2. The molecular formula is C11H15N3O. The van der Waals surface area contributed by atoms with Gasteiger partial charge in [0.1, 0.15) is 5.70 Å². The number of aliphatic hydroxyl groups is 1. The van der Waals surface area contributed by atoms with Crippen molar-refractivity contribution in [3.63, 3.8) is 0 Å². The summed E-state index contributed by atoms with van der Waals surface area (Å²) < 4.78 is 0. The zero-order valence-electron chi connectivity index (χ0n) is 8.72. The highest BCUT2D eigenvalue weighted by molar-refractivity contribution is 5.63. The first-order valence-electron chi connectivity index (χ1n) is 4.73. The molecule has 0 fully saturated rings. The maximum atomic E-state index is 8.74. The molecule has 0 bridgehead atoms. The first-order chi connectivity index (χ1) is 7.27. The fraction of sp³-hybridized carbons (Fsp3) is 0.273. The van der Waals surface area contributed by atoms with Crippen molar-refractivity contribution in [1.29, 1.82) is 5.53 Å². The Labute approximate surface area is 89.4 Å². The maximum absolute atomic E-state index is 8.74. The maximum Gasteiger partial charge on any atom is 0.108 e. The Hall–Kier alpha value is -1.68. The summed E-state index contributed by atoms with van der Waals surface area (Å²) in [5.74, 6) is 0. The normalized spacial score (nSPS) is 11.2. The molecule has 0 aromatic heterocycles. The molecule has 4 nitrogen and oxygen atoms in total. The molecule has 0 amide bonds. The summed E-state index contributed by atoms with van der Waals surface area (Å²) in [6.07, 6.45) is 1.75. The van der Waals surface area contributed by atoms with E-state index in [-0.39, 0.29) is 6.61 Å². The lowest BCUT2D eigenvalue weighted by Crippen LogP contribution is -2.15. The molecule has 0 radical (unpaired) electrons. The van der Waals surface area contributed by atoms with Crippen LogP contribution in [0.3, 0.4) is 0 Å². The lowest BCUT2D eigenvalue weighted by Gasteiger charge is -2.12. The summed E-state index contributed by atoms with van der Waals surface area (Å²) in [6.45, 7) is 0.624. The second-order valence-corrected chi connectivity index (χ2v) is 3.20. The Morgan fingerprint density at radius 1 is 1.47 bits per heavy atom. The molecule has 0 aliphatic carbocycles. The summed E-state index contributed by atoms with van der Waals surface area (Å²) in [5.41, 5.74) is 8.58. The van der Waals surface area contributed by atoms with Crippen LogP contribution in [0.2, 0.25) is 0 Å². The van der Waals surface area contributed by atoms with Gasteiger partial charge in [-0.25, -0.2) is 5.53 Å². The largest absolute Gasteiger partial charge is 0.395 e. The molecule has 80 valence electrons. The zero-order chi connectivity index (χ0) is 11.1. The number of aliphatic hydroxyl groups excluding tert-OH is 1. The van der Waals surface area contributed by atoms with Gasteiger partial charge in [0.15, 0.2) is 0 Å². The van der Waals surface area contributed by atoms with Crippen molar-refractivity contribution in [2.24, 2.45) is 5.11 Å². The Kier molecular flexibility index (Phi) is 4.50. The standard InChI is InChI=1S/C11H15N3O/c1-14(7-8-15)9-11(13-12)10-5-3-2-4-6-10/h2-6,9,12,15H,7-8H2,1H3/b11-9-,13-12?. The van der Waals surface area contributed by atoms with E-state index in [2.05, 4.69) is 5.11 Å². The van der Waals surface area contributed by atoms with Crippen molar-refractivity contribution in [3.8, 4) is 0 Å². The van der Waals surface area contributed by atoms with Crippen LogP contribution in [-0.2, 0) is 0 Å². The van der Waals surface area contributed by atoms with Crippen LogP contribution in [0, 0.1) is 5.53 Å². The minimum absolute atomic E-state index is 0.0903. The van der Waals surface area contributed by atoms with E-state index in [4.69, 9.17) is 10.6 Å². The summed E-state index contributed by atoms with van der Waals surface area (Å²) >= 11 is 0. The van der Waals surface area contributed by atoms with Gasteiger partial charge in [0, 0.05) is 25.4 Å². The third kappa shape index (κ3) is 3.52. The van der Waals surface area contributed by atoms with Gasteiger partial charge in [-0.05, 0) is 0 Å². The van der Waals surface area contributed by atoms with Gasteiger partial charge in [-0.3, -0.25) is 0 Å². The van der Waals surface area contributed by atoms with Crippen LogP contribution in [-0.4, -0.2) is 30.2 Å². The second kappa shape index (κ2) is 5.93. The van der Waals surface area contributed by atoms with Gasteiger partial charge < -0.3 is 10.0 Å². The van der Waals surface area contributed by atoms with E-state index in [1.165, 1.54) is 0 Å². The lowest BCUT2D eigenvalue weighted by molar-refractivity contribution is 0.254. The summed E-state index contributed by atoms with van der Waals surface area (Å²) in [7, 11) is 1.84. The van der Waals surface area contributed by atoms with Crippen LogP contribution in [0.4, 0.5) is 0 Å². The average molecular weight is 205 g/mol. The van der Waals surface area contributed by atoms with Gasteiger partial charge in [-0.2, -0.15) is 5.11 Å². The number of hydrogen-bond acceptors (Lipinski definition) is 4. The van der Waals surface area contributed by atoms with E-state index in [0.29, 0.717) is 12.2 Å². The Balaban J connectivity index is 2.84. The number of likely N-dealkylation sites (N-methyl/N-ethyl adjacent to an activating group) is 1. The van der Waals surface area contributed by atoms with Crippen molar-refractivity contribution in [2.45, 2.75) is 0 Å². The molecule has 15 heavy (non-hydrogen) atoms. The third-order valence-electron chi connectivity index (χ3n) is 1.99. The Bertz CT molecular complexity index is 335. The van der Waals surface area contributed by atoms with E-state index < -0.39 is 0 Å².